The van der Waals surface area contributed by atoms with E-state index in [4.69, 9.17) is 0 Å². The lowest BCUT2D eigenvalue weighted by Crippen LogP contribution is -2.27. The molecule has 0 unspecified atom stereocenters. The molecule has 0 aliphatic heterocycles. The number of carbonyl (C=O) groups is 2. The minimum absolute atomic E-state index is 0.0378. The molecule has 0 bridgehead atoms. The largest absolute Gasteiger partial charge is 0.351 e. The van der Waals surface area contributed by atoms with Crippen LogP contribution in [0.25, 0.3) is 0 Å². The van der Waals surface area contributed by atoms with E-state index in [-0.39, 0.29) is 24.6 Å². The Bertz CT molecular complexity index is 644. The molecule has 2 amide bonds. The van der Waals surface area contributed by atoms with E-state index in [2.05, 4.69) is 10.6 Å². The van der Waals surface area contributed by atoms with E-state index in [1.54, 1.807) is 17.5 Å². The highest BCUT2D eigenvalue weighted by Gasteiger charge is 2.08. The van der Waals surface area contributed by atoms with E-state index < -0.39 is 17.5 Å². The molecule has 0 atom stereocenters. The minimum atomic E-state index is -1.03. The van der Waals surface area contributed by atoms with Crippen molar-refractivity contribution in [3.63, 3.8) is 0 Å². The number of rotatable bonds is 5. The van der Waals surface area contributed by atoms with Crippen molar-refractivity contribution < 1.29 is 18.4 Å². The van der Waals surface area contributed by atoms with Crippen LogP contribution in [-0.4, -0.2) is 18.4 Å². The van der Waals surface area contributed by atoms with Crippen LogP contribution in [0.5, 0.6) is 0 Å². The van der Waals surface area contributed by atoms with Crippen molar-refractivity contribution in [2.24, 2.45) is 0 Å². The smallest absolute Gasteiger partial charge is 0.261 e. The summed E-state index contributed by atoms with van der Waals surface area (Å²) in [5, 5.41) is 6.81. The van der Waals surface area contributed by atoms with Gasteiger partial charge in [0.15, 0.2) is 11.6 Å². The third-order valence-corrected chi connectivity index (χ3v) is 3.45. The number of amides is 2. The highest BCUT2D eigenvalue weighted by molar-refractivity contribution is 7.12. The third kappa shape index (κ3) is 4.35. The first-order chi connectivity index (χ1) is 10.1. The lowest BCUT2D eigenvalue weighted by molar-refractivity contribution is -0.116. The monoisotopic (exact) mass is 310 g/mol. The Morgan fingerprint density at radius 3 is 2.62 bits per heavy atom. The van der Waals surface area contributed by atoms with E-state index in [1.807, 2.05) is 0 Å². The van der Waals surface area contributed by atoms with Crippen molar-refractivity contribution in [1.29, 1.82) is 0 Å². The number of halogens is 2. The molecule has 1 heterocycles. The van der Waals surface area contributed by atoms with Crippen molar-refractivity contribution in [3.8, 4) is 0 Å². The lowest BCUT2D eigenvalue weighted by atomic mass is 10.3. The fraction of sp³-hybridized carbons (Fsp3) is 0.143. The molecule has 2 aromatic rings. The quantitative estimate of drug-likeness (QED) is 0.892. The maximum absolute atomic E-state index is 13.0. The highest BCUT2D eigenvalue weighted by Crippen LogP contribution is 2.13. The van der Waals surface area contributed by atoms with Crippen LogP contribution in [0.3, 0.4) is 0 Å². The molecule has 0 aliphatic carbocycles. The molecule has 110 valence electrons. The summed E-state index contributed by atoms with van der Waals surface area (Å²) in [6.07, 6.45) is 0.0378. The van der Waals surface area contributed by atoms with Gasteiger partial charge in [-0.25, -0.2) is 8.78 Å². The fourth-order valence-corrected chi connectivity index (χ4v) is 2.22. The van der Waals surface area contributed by atoms with Gasteiger partial charge in [0, 0.05) is 24.7 Å². The maximum atomic E-state index is 13.0. The van der Waals surface area contributed by atoms with Gasteiger partial charge in [-0.05, 0) is 23.6 Å². The number of anilines is 1. The third-order valence-electron chi connectivity index (χ3n) is 2.59. The number of nitrogens with one attached hydrogen (secondary N) is 2. The zero-order valence-electron chi connectivity index (χ0n) is 10.9. The summed E-state index contributed by atoms with van der Waals surface area (Å²) in [4.78, 5) is 23.8. The Labute approximate surface area is 123 Å². The summed E-state index contributed by atoms with van der Waals surface area (Å²) in [5.74, 6) is -2.65. The van der Waals surface area contributed by atoms with Crippen molar-refractivity contribution in [3.05, 3.63) is 52.2 Å². The molecule has 7 heteroatoms. The van der Waals surface area contributed by atoms with E-state index in [9.17, 15) is 18.4 Å². The van der Waals surface area contributed by atoms with E-state index >= 15 is 0 Å². The van der Waals surface area contributed by atoms with E-state index in [0.29, 0.717) is 4.88 Å². The topological polar surface area (TPSA) is 58.2 Å². The van der Waals surface area contributed by atoms with Crippen molar-refractivity contribution in [2.75, 3.05) is 11.9 Å². The van der Waals surface area contributed by atoms with Gasteiger partial charge in [0.25, 0.3) is 5.91 Å². The summed E-state index contributed by atoms with van der Waals surface area (Å²) in [6, 6.07) is 6.54. The second kappa shape index (κ2) is 6.94. The Morgan fingerprint density at radius 2 is 1.95 bits per heavy atom. The number of thiophene rings is 1. The van der Waals surface area contributed by atoms with Gasteiger partial charge in [-0.1, -0.05) is 6.07 Å². The zero-order valence-corrected chi connectivity index (χ0v) is 11.7. The van der Waals surface area contributed by atoms with Crippen molar-refractivity contribution in [2.45, 2.75) is 6.42 Å². The minimum Gasteiger partial charge on any atom is -0.351 e. The summed E-state index contributed by atoms with van der Waals surface area (Å²) in [6.45, 7) is 0.159. The van der Waals surface area contributed by atoms with Crippen LogP contribution < -0.4 is 10.6 Å². The Kier molecular flexibility index (Phi) is 4.99. The van der Waals surface area contributed by atoms with Crippen LogP contribution in [0.2, 0.25) is 0 Å². The lowest BCUT2D eigenvalue weighted by Gasteiger charge is -2.06. The van der Waals surface area contributed by atoms with Gasteiger partial charge in [0.2, 0.25) is 5.91 Å². The average molecular weight is 310 g/mol. The molecule has 1 aromatic carbocycles. The van der Waals surface area contributed by atoms with Gasteiger partial charge in [0.05, 0.1) is 4.88 Å². The van der Waals surface area contributed by atoms with Gasteiger partial charge in [-0.2, -0.15) is 0 Å². The normalized spacial score (nSPS) is 10.2. The summed E-state index contributed by atoms with van der Waals surface area (Å²) >= 11 is 1.31. The van der Waals surface area contributed by atoms with Crippen LogP contribution in [-0.2, 0) is 4.79 Å². The molecule has 0 saturated heterocycles. The SMILES string of the molecule is O=C(CCNC(=O)c1cccs1)Nc1ccc(F)c(F)c1. The van der Waals surface area contributed by atoms with Crippen LogP contribution in [0.15, 0.2) is 35.7 Å². The molecule has 0 fully saturated rings. The molecule has 4 nitrogen and oxygen atoms in total. The second-order valence-corrected chi connectivity index (χ2v) is 5.11. The van der Waals surface area contributed by atoms with Crippen LogP contribution in [0.1, 0.15) is 16.1 Å². The standard InChI is InChI=1S/C14H12F2N2O2S/c15-10-4-3-9(8-11(10)16)18-13(19)5-6-17-14(20)12-2-1-7-21-12/h1-4,7-8H,5-6H2,(H,17,20)(H,18,19). The van der Waals surface area contributed by atoms with Gasteiger partial charge in [-0.15, -0.1) is 11.3 Å². The predicted molar refractivity (Wildman–Crippen MR) is 76.3 cm³/mol. The molecular weight excluding hydrogens is 298 g/mol. The maximum Gasteiger partial charge on any atom is 0.261 e. The molecule has 0 saturated carbocycles. The summed E-state index contributed by atoms with van der Waals surface area (Å²) in [7, 11) is 0. The molecule has 21 heavy (non-hydrogen) atoms. The van der Waals surface area contributed by atoms with Crippen molar-refractivity contribution >= 4 is 28.8 Å². The number of hydrogen-bond donors (Lipinski definition) is 2. The first-order valence-corrected chi connectivity index (χ1v) is 7.01. The molecule has 0 spiro atoms. The molecule has 0 aliphatic rings. The van der Waals surface area contributed by atoms with Gasteiger partial charge < -0.3 is 10.6 Å². The second-order valence-electron chi connectivity index (χ2n) is 4.16. The zero-order chi connectivity index (χ0) is 15.2. The Morgan fingerprint density at radius 1 is 1.14 bits per heavy atom. The number of hydrogen-bond acceptors (Lipinski definition) is 3. The highest BCUT2D eigenvalue weighted by atomic mass is 32.1. The first kappa shape index (κ1) is 15.1. The molecule has 2 rings (SSSR count). The number of benzene rings is 1. The fourth-order valence-electron chi connectivity index (χ4n) is 1.58. The van der Waals surface area contributed by atoms with E-state index in [1.165, 1.54) is 17.4 Å². The molecule has 1 aromatic heterocycles. The van der Waals surface area contributed by atoms with Gasteiger partial charge in [-0.3, -0.25) is 9.59 Å². The Balaban J connectivity index is 1.77. The molecular formula is C14H12F2N2O2S. The van der Waals surface area contributed by atoms with Gasteiger partial charge in [0.1, 0.15) is 0 Å². The average Bonchev–Trinajstić information content (AvgIpc) is 2.97. The van der Waals surface area contributed by atoms with E-state index in [0.717, 1.165) is 12.1 Å². The molecule has 2 N–H and O–H groups in total. The van der Waals surface area contributed by atoms with Crippen LogP contribution in [0.4, 0.5) is 14.5 Å². The Hall–Kier alpha value is -2.28. The van der Waals surface area contributed by atoms with Crippen molar-refractivity contribution in [1.82, 2.24) is 5.32 Å². The first-order valence-electron chi connectivity index (χ1n) is 6.13. The van der Waals surface area contributed by atoms with Crippen LogP contribution >= 0.6 is 11.3 Å². The molecule has 0 radical (unpaired) electrons. The van der Waals surface area contributed by atoms with Crippen LogP contribution in [0, 0.1) is 11.6 Å². The summed E-state index contributed by atoms with van der Waals surface area (Å²) < 4.78 is 25.7. The van der Waals surface area contributed by atoms with Gasteiger partial charge >= 0.3 is 0 Å². The number of carbonyl (C=O) groups excluding carboxylic acids is 2. The summed E-state index contributed by atoms with van der Waals surface area (Å²) in [5.41, 5.74) is 0.170. The predicted octanol–water partition coefficient (Wildman–Crippen LogP) is 2.78.